The summed E-state index contributed by atoms with van der Waals surface area (Å²) in [6.07, 6.45) is 7.96. The molecular formula is C17H19N3O2. The minimum atomic E-state index is 0.00942. The number of aromatic nitrogens is 2. The number of pyridine rings is 1. The topological polar surface area (TPSA) is 59.2 Å². The van der Waals surface area contributed by atoms with Gasteiger partial charge in [0.25, 0.3) is 5.91 Å². The lowest BCUT2D eigenvalue weighted by Gasteiger charge is -2.22. The van der Waals surface area contributed by atoms with E-state index in [0.717, 1.165) is 30.6 Å². The SMILES string of the molecule is Cc1cc(-c2nc(C(=O)N3CC[C@@H]4CCC[C@@H]43)co2)ccn1. The number of nitrogens with zero attached hydrogens (tertiary/aromatic N) is 3. The summed E-state index contributed by atoms with van der Waals surface area (Å²) in [7, 11) is 0. The van der Waals surface area contributed by atoms with Crippen LogP contribution in [0.4, 0.5) is 0 Å². The molecule has 22 heavy (non-hydrogen) atoms. The predicted octanol–water partition coefficient (Wildman–Crippen LogP) is 3.06. The van der Waals surface area contributed by atoms with Gasteiger partial charge in [-0.15, -0.1) is 0 Å². The lowest BCUT2D eigenvalue weighted by molar-refractivity contribution is 0.0723. The van der Waals surface area contributed by atoms with Crippen LogP contribution in [0, 0.1) is 12.8 Å². The zero-order valence-electron chi connectivity index (χ0n) is 12.7. The Bertz CT molecular complexity index is 709. The number of hydrogen-bond donors (Lipinski definition) is 0. The molecule has 2 aromatic rings. The third kappa shape index (κ3) is 2.21. The van der Waals surface area contributed by atoms with Gasteiger partial charge in [0, 0.05) is 30.0 Å². The van der Waals surface area contributed by atoms with E-state index in [1.165, 1.54) is 19.1 Å². The number of carbonyl (C=O) groups excluding carboxylic acids is 1. The number of hydrogen-bond acceptors (Lipinski definition) is 4. The molecule has 1 saturated carbocycles. The van der Waals surface area contributed by atoms with Crippen molar-refractivity contribution >= 4 is 5.91 Å². The highest BCUT2D eigenvalue weighted by Crippen LogP contribution is 2.38. The van der Waals surface area contributed by atoms with Gasteiger partial charge in [-0.25, -0.2) is 4.98 Å². The van der Waals surface area contributed by atoms with Crippen molar-refractivity contribution in [1.29, 1.82) is 0 Å². The molecule has 1 amide bonds. The van der Waals surface area contributed by atoms with Crippen molar-refractivity contribution in [2.24, 2.45) is 5.92 Å². The third-order valence-electron chi connectivity index (χ3n) is 4.89. The molecule has 0 bridgehead atoms. The highest BCUT2D eigenvalue weighted by Gasteiger charge is 2.40. The molecule has 2 atom stereocenters. The summed E-state index contributed by atoms with van der Waals surface area (Å²) in [5, 5.41) is 0. The second-order valence-corrected chi connectivity index (χ2v) is 6.27. The van der Waals surface area contributed by atoms with Gasteiger partial charge in [0.1, 0.15) is 6.26 Å². The van der Waals surface area contributed by atoms with Gasteiger partial charge in [-0.2, -0.15) is 0 Å². The second-order valence-electron chi connectivity index (χ2n) is 6.27. The van der Waals surface area contributed by atoms with E-state index >= 15 is 0 Å². The standard InChI is InChI=1S/C17H19N3O2/c1-11-9-13(5-7-18-11)16-19-14(10-22-16)17(21)20-8-6-12-3-2-4-15(12)20/h5,7,9-10,12,15H,2-4,6,8H2,1H3/t12-,15-/m0/s1. The van der Waals surface area contributed by atoms with E-state index in [9.17, 15) is 4.79 Å². The zero-order valence-corrected chi connectivity index (χ0v) is 12.7. The molecule has 5 heteroatoms. The number of amides is 1. The summed E-state index contributed by atoms with van der Waals surface area (Å²) in [4.78, 5) is 23.2. The van der Waals surface area contributed by atoms with E-state index in [1.54, 1.807) is 6.20 Å². The van der Waals surface area contributed by atoms with Gasteiger partial charge >= 0.3 is 0 Å². The van der Waals surface area contributed by atoms with Crippen LogP contribution in [0.5, 0.6) is 0 Å². The van der Waals surface area contributed by atoms with Gasteiger partial charge in [0.15, 0.2) is 5.69 Å². The van der Waals surface area contributed by atoms with Crippen LogP contribution in [0.15, 0.2) is 29.0 Å². The van der Waals surface area contributed by atoms with E-state index < -0.39 is 0 Å². The molecule has 1 aliphatic carbocycles. The third-order valence-corrected chi connectivity index (χ3v) is 4.89. The van der Waals surface area contributed by atoms with Crippen LogP contribution in [0.25, 0.3) is 11.5 Å². The van der Waals surface area contributed by atoms with Crippen LogP contribution in [-0.4, -0.2) is 33.4 Å². The van der Waals surface area contributed by atoms with Crippen molar-refractivity contribution in [2.45, 2.75) is 38.6 Å². The molecule has 2 aromatic heterocycles. The molecule has 0 N–H and O–H groups in total. The van der Waals surface area contributed by atoms with Crippen LogP contribution in [0.1, 0.15) is 41.9 Å². The van der Waals surface area contributed by atoms with Crippen molar-refractivity contribution < 1.29 is 9.21 Å². The minimum Gasteiger partial charge on any atom is -0.444 e. The van der Waals surface area contributed by atoms with Crippen molar-refractivity contribution in [3.05, 3.63) is 36.0 Å². The van der Waals surface area contributed by atoms with E-state index in [1.807, 2.05) is 24.0 Å². The first kappa shape index (κ1) is 13.5. The first-order valence-corrected chi connectivity index (χ1v) is 7.92. The van der Waals surface area contributed by atoms with E-state index in [4.69, 9.17) is 4.42 Å². The second kappa shape index (κ2) is 5.23. The van der Waals surface area contributed by atoms with Gasteiger partial charge < -0.3 is 9.32 Å². The Balaban J connectivity index is 1.57. The van der Waals surface area contributed by atoms with E-state index in [-0.39, 0.29) is 5.91 Å². The van der Waals surface area contributed by atoms with Gasteiger partial charge in [-0.1, -0.05) is 6.42 Å². The van der Waals surface area contributed by atoms with Crippen LogP contribution in [-0.2, 0) is 0 Å². The average molecular weight is 297 g/mol. The maximum atomic E-state index is 12.7. The summed E-state index contributed by atoms with van der Waals surface area (Å²) >= 11 is 0. The summed E-state index contributed by atoms with van der Waals surface area (Å²) in [6.45, 7) is 2.77. The molecule has 0 radical (unpaired) electrons. The molecule has 1 saturated heterocycles. The molecule has 114 valence electrons. The lowest BCUT2D eigenvalue weighted by atomic mass is 10.0. The number of likely N-dealkylation sites (tertiary alicyclic amines) is 1. The highest BCUT2D eigenvalue weighted by molar-refractivity contribution is 5.93. The molecule has 5 nitrogen and oxygen atoms in total. The van der Waals surface area contributed by atoms with Gasteiger partial charge in [-0.05, 0) is 44.2 Å². The Morgan fingerprint density at radius 3 is 3.14 bits per heavy atom. The molecule has 2 fully saturated rings. The van der Waals surface area contributed by atoms with Crippen molar-refractivity contribution in [2.75, 3.05) is 6.54 Å². The Morgan fingerprint density at radius 2 is 2.27 bits per heavy atom. The summed E-state index contributed by atoms with van der Waals surface area (Å²) < 4.78 is 5.51. The van der Waals surface area contributed by atoms with Gasteiger partial charge in [-0.3, -0.25) is 9.78 Å². The molecule has 0 unspecified atom stereocenters. The normalized spacial score (nSPS) is 23.8. The number of oxazole rings is 1. The first-order chi connectivity index (χ1) is 10.7. The van der Waals surface area contributed by atoms with Crippen molar-refractivity contribution in [3.8, 4) is 11.5 Å². The average Bonchev–Trinajstić information content (AvgIpc) is 3.23. The Hall–Kier alpha value is -2.17. The van der Waals surface area contributed by atoms with Crippen LogP contribution >= 0.6 is 0 Å². The fourth-order valence-electron chi connectivity index (χ4n) is 3.82. The molecule has 0 aromatic carbocycles. The van der Waals surface area contributed by atoms with Crippen LogP contribution in [0.3, 0.4) is 0 Å². The quantitative estimate of drug-likeness (QED) is 0.854. The van der Waals surface area contributed by atoms with Crippen LogP contribution < -0.4 is 0 Å². The predicted molar refractivity (Wildman–Crippen MR) is 81.3 cm³/mol. The monoisotopic (exact) mass is 297 g/mol. The molecule has 2 aliphatic rings. The zero-order chi connectivity index (χ0) is 15.1. The maximum absolute atomic E-state index is 12.7. The van der Waals surface area contributed by atoms with Crippen molar-refractivity contribution in [3.63, 3.8) is 0 Å². The first-order valence-electron chi connectivity index (χ1n) is 7.92. The largest absolute Gasteiger partial charge is 0.444 e. The number of fused-ring (bicyclic) bond motifs is 1. The smallest absolute Gasteiger partial charge is 0.276 e. The van der Waals surface area contributed by atoms with E-state index in [2.05, 4.69) is 9.97 Å². The van der Waals surface area contributed by atoms with Gasteiger partial charge in [0.05, 0.1) is 0 Å². The Labute approximate surface area is 129 Å². The molecule has 4 rings (SSSR count). The van der Waals surface area contributed by atoms with Crippen LogP contribution in [0.2, 0.25) is 0 Å². The van der Waals surface area contributed by atoms with E-state index in [0.29, 0.717) is 23.5 Å². The lowest BCUT2D eigenvalue weighted by Crippen LogP contribution is -2.36. The maximum Gasteiger partial charge on any atom is 0.276 e. The Kier molecular flexibility index (Phi) is 3.21. The number of rotatable bonds is 2. The van der Waals surface area contributed by atoms with Gasteiger partial charge in [0.2, 0.25) is 5.89 Å². The van der Waals surface area contributed by atoms with Crippen molar-refractivity contribution in [1.82, 2.24) is 14.9 Å². The number of carbonyl (C=O) groups is 1. The molecule has 1 aliphatic heterocycles. The summed E-state index contributed by atoms with van der Waals surface area (Å²) in [6, 6.07) is 4.16. The summed E-state index contributed by atoms with van der Waals surface area (Å²) in [5.41, 5.74) is 2.17. The number of aryl methyl sites for hydroxylation is 1. The molecular weight excluding hydrogens is 278 g/mol. The summed E-state index contributed by atoms with van der Waals surface area (Å²) in [5.74, 6) is 1.18. The fraction of sp³-hybridized carbons (Fsp3) is 0.471. The molecule has 0 spiro atoms. The fourth-order valence-corrected chi connectivity index (χ4v) is 3.82. The minimum absolute atomic E-state index is 0.00942. The highest BCUT2D eigenvalue weighted by atomic mass is 16.3. The molecule has 3 heterocycles. The Morgan fingerprint density at radius 1 is 1.36 bits per heavy atom.